The molecule has 2 aliphatic heterocycles. The highest BCUT2D eigenvalue weighted by Crippen LogP contribution is 2.39. The van der Waals surface area contributed by atoms with Crippen molar-refractivity contribution >= 4 is 35.3 Å². The van der Waals surface area contributed by atoms with Crippen LogP contribution in [0.4, 0.5) is 4.79 Å². The van der Waals surface area contributed by atoms with Crippen molar-refractivity contribution in [3.8, 4) is 0 Å². The van der Waals surface area contributed by atoms with Crippen molar-refractivity contribution in [2.75, 3.05) is 19.6 Å². The second-order valence-electron chi connectivity index (χ2n) is 11.3. The highest BCUT2D eigenvalue weighted by Gasteiger charge is 2.54. The molecule has 0 saturated carbocycles. The van der Waals surface area contributed by atoms with E-state index in [-0.39, 0.29) is 6.54 Å². The van der Waals surface area contributed by atoms with Gasteiger partial charge in [0, 0.05) is 19.0 Å². The van der Waals surface area contributed by atoms with Crippen LogP contribution in [-0.2, 0) is 33.8 Å². The zero-order valence-corrected chi connectivity index (χ0v) is 22.9. The van der Waals surface area contributed by atoms with Crippen LogP contribution in [0.2, 0.25) is 6.32 Å². The molecule has 36 heavy (non-hydrogen) atoms. The van der Waals surface area contributed by atoms with E-state index in [9.17, 15) is 27.9 Å². The number of amides is 2. The van der Waals surface area contributed by atoms with Gasteiger partial charge in [0.25, 0.3) is 5.91 Å². The molecule has 0 aromatic rings. The van der Waals surface area contributed by atoms with Crippen LogP contribution in [0.5, 0.6) is 0 Å². The monoisotopic (exact) mass is 534 g/mol. The number of nitrogens with two attached hydrogens (primary N) is 1. The number of nitrogens with one attached hydrogen (secondary N) is 2. The Hall–Kier alpha value is -1.94. The fourth-order valence-corrected chi connectivity index (χ4v) is 5.24. The minimum absolute atomic E-state index is 0.186. The molecule has 0 aliphatic carbocycles. The molecule has 0 spiro atoms. The summed E-state index contributed by atoms with van der Waals surface area (Å²) in [4.78, 5) is 35.8. The number of rotatable bonds is 9. The molecule has 0 aromatic heterocycles. The third-order valence-corrected chi connectivity index (χ3v) is 8.10. The molecular weight excluding hydrogens is 495 g/mol. The predicted molar refractivity (Wildman–Crippen MR) is 131 cm³/mol. The van der Waals surface area contributed by atoms with Crippen LogP contribution in [0.15, 0.2) is 0 Å². The summed E-state index contributed by atoms with van der Waals surface area (Å²) in [5, 5.41) is 11.9. The second kappa shape index (κ2) is 10.4. The molecular formula is C21H39BN4O9S. The van der Waals surface area contributed by atoms with Gasteiger partial charge in [-0.1, -0.05) is 6.42 Å². The molecule has 2 heterocycles. The van der Waals surface area contributed by atoms with Gasteiger partial charge in [-0.25, -0.2) is 9.52 Å². The largest absolute Gasteiger partial charge is 0.480 e. The van der Waals surface area contributed by atoms with E-state index in [1.807, 2.05) is 32.4 Å². The number of carboxylic acid groups (broad SMARTS) is 1. The lowest BCUT2D eigenvalue weighted by Crippen LogP contribution is -2.55. The smallest absolute Gasteiger partial charge is 0.457 e. The molecule has 2 aliphatic rings. The number of carbonyl (C=O) groups is 3. The van der Waals surface area contributed by atoms with Gasteiger partial charge in [0.05, 0.1) is 11.2 Å². The Kier molecular flexibility index (Phi) is 8.78. The number of nitrogens with zero attached hydrogens (tertiary/aromatic N) is 1. The molecule has 2 fully saturated rings. The summed E-state index contributed by atoms with van der Waals surface area (Å²) in [5.74, 6) is -3.05. The Morgan fingerprint density at radius 3 is 2.22 bits per heavy atom. The number of carboxylic acids is 1. The van der Waals surface area contributed by atoms with Gasteiger partial charge in [0.1, 0.15) is 17.7 Å². The molecule has 0 bridgehead atoms. The lowest BCUT2D eigenvalue weighted by atomic mass is 9.78. The van der Waals surface area contributed by atoms with Crippen LogP contribution >= 0.6 is 0 Å². The van der Waals surface area contributed by atoms with Crippen molar-refractivity contribution in [3.63, 3.8) is 0 Å². The Labute approximate surface area is 213 Å². The summed E-state index contributed by atoms with van der Waals surface area (Å²) in [6, 6.07) is 0. The highest BCUT2D eigenvalue weighted by molar-refractivity contribution is 7.87. The van der Waals surface area contributed by atoms with Crippen molar-refractivity contribution in [2.45, 2.75) is 90.0 Å². The van der Waals surface area contributed by atoms with E-state index >= 15 is 0 Å². The standard InChI is InChI=1S/C21H39BN4O9S/c1-18(2,3)33-17(30)24-11-15(27)25-36(31,32)26-12-14(21(23,13-26)16(28)29)9-8-10-22-34-19(4,5)20(6,7)35-22/h14H,8-13,23H2,1-7H3,(H,24,30)(H,25,27)(H,28,29). The van der Waals surface area contributed by atoms with Gasteiger partial charge in [-0.05, 0) is 61.2 Å². The van der Waals surface area contributed by atoms with Crippen LogP contribution < -0.4 is 15.8 Å². The van der Waals surface area contributed by atoms with Crippen LogP contribution in [-0.4, -0.2) is 84.9 Å². The Bertz CT molecular complexity index is 951. The van der Waals surface area contributed by atoms with Crippen molar-refractivity contribution in [1.29, 1.82) is 0 Å². The molecule has 5 N–H and O–H groups in total. The highest BCUT2D eigenvalue weighted by atomic mass is 32.2. The molecule has 2 rings (SSSR count). The zero-order chi connectivity index (χ0) is 27.7. The average Bonchev–Trinajstić information content (AvgIpc) is 3.12. The third kappa shape index (κ3) is 7.31. The predicted octanol–water partition coefficient (Wildman–Crippen LogP) is 0.458. The Morgan fingerprint density at radius 1 is 1.17 bits per heavy atom. The van der Waals surface area contributed by atoms with Crippen molar-refractivity contribution < 1.29 is 42.0 Å². The average molecular weight is 534 g/mol. The van der Waals surface area contributed by atoms with E-state index < -0.39 is 76.6 Å². The van der Waals surface area contributed by atoms with Gasteiger partial charge in [-0.2, -0.15) is 12.7 Å². The van der Waals surface area contributed by atoms with Crippen molar-refractivity contribution in [2.24, 2.45) is 11.7 Å². The number of alkyl carbamates (subject to hydrolysis) is 1. The lowest BCUT2D eigenvalue weighted by Gasteiger charge is -2.32. The van der Waals surface area contributed by atoms with E-state index in [2.05, 4.69) is 5.32 Å². The van der Waals surface area contributed by atoms with Crippen LogP contribution in [0.3, 0.4) is 0 Å². The van der Waals surface area contributed by atoms with E-state index in [0.29, 0.717) is 19.2 Å². The summed E-state index contributed by atoms with van der Waals surface area (Å²) in [5.41, 5.74) is 2.54. The molecule has 2 amide bonds. The van der Waals surface area contributed by atoms with E-state index in [4.69, 9.17) is 19.8 Å². The van der Waals surface area contributed by atoms with E-state index in [0.717, 1.165) is 4.31 Å². The first kappa shape index (κ1) is 30.3. The molecule has 2 unspecified atom stereocenters. The molecule has 2 atom stereocenters. The Morgan fingerprint density at radius 2 is 1.72 bits per heavy atom. The maximum atomic E-state index is 12.8. The fraction of sp³-hybridized carbons (Fsp3) is 0.857. The summed E-state index contributed by atoms with van der Waals surface area (Å²) >= 11 is 0. The summed E-state index contributed by atoms with van der Waals surface area (Å²) in [7, 11) is -4.87. The number of ether oxygens (including phenoxy) is 1. The van der Waals surface area contributed by atoms with Gasteiger partial charge in [0.2, 0.25) is 0 Å². The third-order valence-electron chi connectivity index (χ3n) is 6.66. The van der Waals surface area contributed by atoms with Gasteiger partial charge in [-0.3, -0.25) is 9.59 Å². The number of aliphatic carboxylic acids is 1. The van der Waals surface area contributed by atoms with E-state index in [1.54, 1.807) is 20.8 Å². The fourth-order valence-electron chi connectivity index (χ4n) is 3.99. The van der Waals surface area contributed by atoms with Crippen LogP contribution in [0, 0.1) is 5.92 Å². The summed E-state index contributed by atoms with van der Waals surface area (Å²) < 4.78 is 45.1. The SMILES string of the molecule is CC(C)(C)OC(=O)NCC(=O)NS(=O)(=O)N1CC(CCCB2OC(C)(C)C(C)(C)O2)C(N)(C(=O)O)C1. The first-order chi connectivity index (χ1) is 16.2. The maximum Gasteiger partial charge on any atom is 0.457 e. The van der Waals surface area contributed by atoms with E-state index in [1.165, 1.54) is 0 Å². The van der Waals surface area contributed by atoms with Gasteiger partial charge < -0.3 is 30.2 Å². The molecule has 2 saturated heterocycles. The second-order valence-corrected chi connectivity index (χ2v) is 13.0. The van der Waals surface area contributed by atoms with Crippen LogP contribution in [0.25, 0.3) is 0 Å². The number of hydrogen-bond donors (Lipinski definition) is 4. The lowest BCUT2D eigenvalue weighted by molar-refractivity contribution is -0.144. The number of carbonyl (C=O) groups excluding carboxylic acids is 2. The molecule has 206 valence electrons. The molecule has 0 aromatic carbocycles. The Balaban J connectivity index is 1.95. The van der Waals surface area contributed by atoms with Gasteiger partial charge in [-0.15, -0.1) is 0 Å². The summed E-state index contributed by atoms with van der Waals surface area (Å²) in [6.45, 7) is 11.3. The molecule has 13 nitrogen and oxygen atoms in total. The van der Waals surface area contributed by atoms with Crippen molar-refractivity contribution in [1.82, 2.24) is 14.3 Å². The summed E-state index contributed by atoms with van der Waals surface area (Å²) in [6.07, 6.45) is 0.407. The van der Waals surface area contributed by atoms with Crippen LogP contribution in [0.1, 0.15) is 61.3 Å². The first-order valence-electron chi connectivity index (χ1n) is 11.8. The van der Waals surface area contributed by atoms with Gasteiger partial charge >= 0.3 is 29.4 Å². The minimum atomic E-state index is -4.40. The number of hydrogen-bond acceptors (Lipinski definition) is 9. The normalized spacial score (nSPS) is 26.0. The molecule has 15 heteroatoms. The quantitative estimate of drug-likeness (QED) is 0.303. The maximum absolute atomic E-state index is 12.8. The van der Waals surface area contributed by atoms with Crippen molar-refractivity contribution in [3.05, 3.63) is 0 Å². The first-order valence-corrected chi connectivity index (χ1v) is 13.3. The minimum Gasteiger partial charge on any atom is -0.480 e. The topological polar surface area (TPSA) is 187 Å². The van der Waals surface area contributed by atoms with Gasteiger partial charge in [0.15, 0.2) is 0 Å². The molecule has 0 radical (unpaired) electrons. The zero-order valence-electron chi connectivity index (χ0n) is 22.0.